The van der Waals surface area contributed by atoms with Crippen molar-refractivity contribution in [3.05, 3.63) is 94.3 Å². The van der Waals surface area contributed by atoms with Crippen LogP contribution in [-0.2, 0) is 9.53 Å². The number of amides is 2. The number of fused-ring (bicyclic) bond motifs is 1. The minimum absolute atomic E-state index is 0.0116. The van der Waals surface area contributed by atoms with Crippen LogP contribution in [0.1, 0.15) is 34.5 Å². The summed E-state index contributed by atoms with van der Waals surface area (Å²) in [5.74, 6) is -1.58. The third-order valence-electron chi connectivity index (χ3n) is 7.94. The summed E-state index contributed by atoms with van der Waals surface area (Å²) < 4.78 is 69.2. The molecule has 232 valence electrons. The Bertz CT molecular complexity index is 1710. The van der Waals surface area contributed by atoms with Crippen molar-refractivity contribution in [2.75, 3.05) is 27.3 Å². The number of dihydropyridines is 1. The lowest BCUT2D eigenvalue weighted by Crippen LogP contribution is -2.58. The van der Waals surface area contributed by atoms with Gasteiger partial charge >= 0.3 is 6.18 Å². The van der Waals surface area contributed by atoms with Crippen LogP contribution in [0, 0.1) is 18.2 Å². The predicted molar refractivity (Wildman–Crippen MR) is 152 cm³/mol. The van der Waals surface area contributed by atoms with Gasteiger partial charge in [-0.2, -0.15) is 13.2 Å². The molecule has 2 aliphatic rings. The van der Waals surface area contributed by atoms with E-state index in [9.17, 15) is 32.3 Å². The molecular weight excluding hydrogens is 584 g/mol. The van der Waals surface area contributed by atoms with Crippen molar-refractivity contribution < 1.29 is 41.7 Å². The second-order valence-electron chi connectivity index (χ2n) is 11.0. The first-order valence-electron chi connectivity index (χ1n) is 13.6. The average molecular weight is 615 g/mol. The Morgan fingerprint density at radius 1 is 1.20 bits per heavy atom. The first-order chi connectivity index (χ1) is 20.7. The highest BCUT2D eigenvalue weighted by Crippen LogP contribution is 2.48. The van der Waals surface area contributed by atoms with Gasteiger partial charge in [-0.25, -0.2) is 4.39 Å². The lowest BCUT2D eigenvalue weighted by molar-refractivity contribution is -0.243. The summed E-state index contributed by atoms with van der Waals surface area (Å²) >= 11 is 0. The minimum Gasteiger partial charge on any atom is -0.494 e. The average Bonchev–Trinajstić information content (AvgIpc) is 3.35. The zero-order valence-electron chi connectivity index (χ0n) is 24.2. The number of benzene rings is 2. The van der Waals surface area contributed by atoms with E-state index in [1.165, 1.54) is 45.3 Å². The van der Waals surface area contributed by atoms with Crippen molar-refractivity contribution in [2.24, 2.45) is 5.41 Å². The number of ether oxygens (including phenoxy) is 2. The molecule has 0 aliphatic carbocycles. The van der Waals surface area contributed by atoms with Crippen LogP contribution in [0.25, 0.3) is 10.9 Å². The number of aromatic nitrogens is 1. The van der Waals surface area contributed by atoms with E-state index in [1.54, 1.807) is 19.2 Å². The normalized spacial score (nSPS) is 21.0. The first kappa shape index (κ1) is 30.8. The number of allylic oxidation sites excluding steroid dienone is 1. The molecule has 3 atom stereocenters. The molecule has 0 spiro atoms. The van der Waals surface area contributed by atoms with Crippen molar-refractivity contribution in [2.45, 2.75) is 31.7 Å². The molecule has 0 saturated heterocycles. The lowest BCUT2D eigenvalue weighted by atomic mass is 9.78. The maximum absolute atomic E-state index is 14.8. The SMILES string of the molecule is CNC(=O)C1(C)COC2=C1C=C(C(O)(CNC(=O)c1cc(OC)c3ncc(C)cc3c1)C(F)(F)F)NC2c1ccc(F)cc1. The van der Waals surface area contributed by atoms with Gasteiger partial charge in [-0.1, -0.05) is 12.1 Å². The van der Waals surface area contributed by atoms with Gasteiger partial charge in [0.15, 0.2) is 0 Å². The standard InChI is InChI=1S/C31H30F4N4O5/c1-16-9-18-10-19(11-22(43-4)24(18)37-13-16)27(40)38-14-30(42,31(33,34)35)23-12-21-26(44-15-29(21,2)28(41)36-3)25(39-23)17-5-7-20(32)8-6-17/h5-13,25,39,42H,14-15H2,1-4H3,(H,36,41)(H,38,40). The number of hydrogen-bond donors (Lipinski definition) is 4. The number of nitrogens with one attached hydrogen (secondary N) is 3. The van der Waals surface area contributed by atoms with Crippen molar-refractivity contribution >= 4 is 22.7 Å². The number of methoxy groups -OCH3 is 1. The molecular formula is C31H30F4N4O5. The van der Waals surface area contributed by atoms with Crippen LogP contribution < -0.4 is 20.7 Å². The molecule has 0 fully saturated rings. The quantitative estimate of drug-likeness (QED) is 0.297. The Hall–Kier alpha value is -4.65. The monoisotopic (exact) mass is 614 g/mol. The summed E-state index contributed by atoms with van der Waals surface area (Å²) in [5.41, 5.74) is -4.08. The van der Waals surface area contributed by atoms with Gasteiger partial charge in [0.25, 0.3) is 5.91 Å². The molecule has 5 rings (SSSR count). The van der Waals surface area contributed by atoms with E-state index < -0.39 is 53.1 Å². The third-order valence-corrected chi connectivity index (χ3v) is 7.94. The van der Waals surface area contributed by atoms with Gasteiger partial charge in [-0.15, -0.1) is 0 Å². The highest BCUT2D eigenvalue weighted by Gasteiger charge is 2.59. The maximum Gasteiger partial charge on any atom is 0.424 e. The first-order valence-corrected chi connectivity index (χ1v) is 13.6. The number of hydrogen-bond acceptors (Lipinski definition) is 7. The van der Waals surface area contributed by atoms with Crippen LogP contribution in [0.5, 0.6) is 5.75 Å². The van der Waals surface area contributed by atoms with E-state index in [1.807, 2.05) is 0 Å². The number of alkyl halides is 3. The molecule has 2 aliphatic heterocycles. The summed E-state index contributed by atoms with van der Waals surface area (Å²) in [6.45, 7) is 1.84. The van der Waals surface area contributed by atoms with Crippen LogP contribution in [0.4, 0.5) is 17.6 Å². The number of rotatable bonds is 7. The zero-order chi connectivity index (χ0) is 32.0. The molecule has 2 amide bonds. The van der Waals surface area contributed by atoms with E-state index in [0.29, 0.717) is 16.5 Å². The molecule has 0 saturated carbocycles. The molecule has 1 aromatic heterocycles. The van der Waals surface area contributed by atoms with Gasteiger partial charge in [-0.05, 0) is 61.4 Å². The lowest BCUT2D eigenvalue weighted by Gasteiger charge is -2.38. The molecule has 0 bridgehead atoms. The van der Waals surface area contributed by atoms with E-state index in [2.05, 4.69) is 20.9 Å². The number of nitrogens with zero attached hydrogens (tertiary/aromatic N) is 1. The van der Waals surface area contributed by atoms with E-state index >= 15 is 0 Å². The van der Waals surface area contributed by atoms with Crippen molar-refractivity contribution in [3.63, 3.8) is 0 Å². The molecule has 2 aromatic carbocycles. The van der Waals surface area contributed by atoms with Crippen LogP contribution >= 0.6 is 0 Å². The topological polar surface area (TPSA) is 122 Å². The van der Waals surface area contributed by atoms with Gasteiger partial charge in [-0.3, -0.25) is 14.6 Å². The van der Waals surface area contributed by atoms with Crippen LogP contribution in [0.15, 0.2) is 71.8 Å². The number of halogens is 4. The van der Waals surface area contributed by atoms with Crippen LogP contribution in [-0.4, -0.2) is 61.0 Å². The molecule has 44 heavy (non-hydrogen) atoms. The molecule has 13 heteroatoms. The van der Waals surface area contributed by atoms with Gasteiger partial charge in [0.05, 0.1) is 19.4 Å². The van der Waals surface area contributed by atoms with Crippen LogP contribution in [0.3, 0.4) is 0 Å². The van der Waals surface area contributed by atoms with Crippen molar-refractivity contribution in [1.82, 2.24) is 20.9 Å². The van der Waals surface area contributed by atoms with Gasteiger partial charge in [0, 0.05) is 29.8 Å². The summed E-state index contributed by atoms with van der Waals surface area (Å²) in [4.78, 5) is 30.4. The maximum atomic E-state index is 14.8. The third kappa shape index (κ3) is 5.21. The van der Waals surface area contributed by atoms with Crippen molar-refractivity contribution in [3.8, 4) is 5.75 Å². The summed E-state index contributed by atoms with van der Waals surface area (Å²) in [6, 6.07) is 8.43. The Morgan fingerprint density at radius 2 is 1.91 bits per heavy atom. The summed E-state index contributed by atoms with van der Waals surface area (Å²) in [6.07, 6.45) is -2.65. The minimum atomic E-state index is -5.30. The molecule has 9 nitrogen and oxygen atoms in total. The molecule has 0 radical (unpaired) electrons. The Balaban J connectivity index is 1.54. The van der Waals surface area contributed by atoms with Crippen molar-refractivity contribution in [1.29, 1.82) is 0 Å². The number of pyridine rings is 1. The Kier molecular flexibility index (Phi) is 7.79. The smallest absolute Gasteiger partial charge is 0.424 e. The van der Waals surface area contributed by atoms with E-state index in [0.717, 1.165) is 23.8 Å². The fourth-order valence-corrected chi connectivity index (χ4v) is 5.39. The molecule has 4 N–H and O–H groups in total. The van der Waals surface area contributed by atoms with Gasteiger partial charge in [0.1, 0.15) is 40.9 Å². The Morgan fingerprint density at radius 3 is 2.55 bits per heavy atom. The molecule has 3 aromatic rings. The number of carbonyl (C=O) groups is 2. The highest BCUT2D eigenvalue weighted by molar-refractivity contribution is 6.00. The predicted octanol–water partition coefficient (Wildman–Crippen LogP) is 3.98. The fourth-order valence-electron chi connectivity index (χ4n) is 5.39. The Labute approximate surface area is 249 Å². The molecule has 3 heterocycles. The summed E-state index contributed by atoms with van der Waals surface area (Å²) in [5, 5.41) is 19.3. The highest BCUT2D eigenvalue weighted by atomic mass is 19.4. The number of aliphatic hydroxyl groups is 1. The summed E-state index contributed by atoms with van der Waals surface area (Å²) in [7, 11) is 2.76. The number of carbonyl (C=O) groups excluding carboxylic acids is 2. The second-order valence-corrected chi connectivity index (χ2v) is 11.0. The van der Waals surface area contributed by atoms with E-state index in [-0.39, 0.29) is 29.3 Å². The molecule has 3 unspecified atom stereocenters. The second kappa shape index (κ2) is 11.1. The van der Waals surface area contributed by atoms with Gasteiger partial charge in [0.2, 0.25) is 11.5 Å². The largest absolute Gasteiger partial charge is 0.494 e. The zero-order valence-corrected chi connectivity index (χ0v) is 24.2. The van der Waals surface area contributed by atoms with Crippen LogP contribution in [0.2, 0.25) is 0 Å². The van der Waals surface area contributed by atoms with E-state index in [4.69, 9.17) is 9.47 Å². The number of aryl methyl sites for hydroxylation is 1. The van der Waals surface area contributed by atoms with Gasteiger partial charge < -0.3 is 30.5 Å². The fraction of sp³-hybridized carbons (Fsp3) is 0.323.